The van der Waals surface area contributed by atoms with Gasteiger partial charge < -0.3 is 15.2 Å². The minimum absolute atomic E-state index is 0.0788. The van der Waals surface area contributed by atoms with E-state index < -0.39 is 5.03 Å². The van der Waals surface area contributed by atoms with Crippen LogP contribution in [0.1, 0.15) is 0 Å². The predicted octanol–water partition coefficient (Wildman–Crippen LogP) is 1.67. The van der Waals surface area contributed by atoms with E-state index in [2.05, 4.69) is 10.3 Å². The molecule has 0 amide bonds. The Morgan fingerprint density at radius 3 is 2.42 bits per heavy atom. The van der Waals surface area contributed by atoms with Crippen LogP contribution in [0.15, 0.2) is 34.6 Å². The van der Waals surface area contributed by atoms with Gasteiger partial charge in [-0.05, 0) is 24.3 Å². The van der Waals surface area contributed by atoms with Gasteiger partial charge in [0.25, 0.3) is 0 Å². The van der Waals surface area contributed by atoms with Gasteiger partial charge in [0.1, 0.15) is 5.75 Å². The Morgan fingerprint density at radius 1 is 1.33 bits per heavy atom. The van der Waals surface area contributed by atoms with E-state index in [0.29, 0.717) is 5.69 Å². The molecule has 62 valence electrons. The fourth-order valence-electron chi connectivity index (χ4n) is 0.607. The van der Waals surface area contributed by atoms with Crippen LogP contribution in [0.2, 0.25) is 0 Å². The Hall–Kier alpha value is -1.98. The van der Waals surface area contributed by atoms with Crippen LogP contribution >= 0.6 is 0 Å². The van der Waals surface area contributed by atoms with Gasteiger partial charge in [-0.2, -0.15) is 0 Å². The van der Waals surface area contributed by atoms with Crippen molar-refractivity contribution in [1.82, 2.24) is 0 Å². The molecule has 0 radical (unpaired) electrons. The Labute approximate surface area is 67.3 Å². The third-order valence-electron chi connectivity index (χ3n) is 1.08. The number of hydrogen-bond donors (Lipinski definition) is 1. The third kappa shape index (κ3) is 2.33. The summed E-state index contributed by atoms with van der Waals surface area (Å²) >= 11 is 0. The van der Waals surface area contributed by atoms with Gasteiger partial charge in [-0.1, -0.05) is 0 Å². The Kier molecular flexibility index (Phi) is 2.32. The van der Waals surface area contributed by atoms with Crippen molar-refractivity contribution >= 4 is 5.69 Å². The first-order chi connectivity index (χ1) is 5.68. The summed E-state index contributed by atoms with van der Waals surface area (Å²) in [7, 11) is 0. The van der Waals surface area contributed by atoms with Gasteiger partial charge in [-0.25, -0.2) is 0 Å². The second kappa shape index (κ2) is 3.42. The SMILES string of the molecule is O=[N+]([O-])N=Nc1ccc(O)cc1. The summed E-state index contributed by atoms with van der Waals surface area (Å²) in [5.74, 6) is 0.0788. The molecule has 0 saturated carbocycles. The first-order valence-corrected chi connectivity index (χ1v) is 3.03. The quantitative estimate of drug-likeness (QED) is 0.412. The maximum absolute atomic E-state index is 9.74. The highest BCUT2D eigenvalue weighted by atomic mass is 16.7. The van der Waals surface area contributed by atoms with Crippen molar-refractivity contribution in [2.45, 2.75) is 0 Å². The zero-order valence-corrected chi connectivity index (χ0v) is 5.91. The van der Waals surface area contributed by atoms with Crippen LogP contribution in [0.4, 0.5) is 5.69 Å². The van der Waals surface area contributed by atoms with E-state index in [1.807, 2.05) is 0 Å². The van der Waals surface area contributed by atoms with Crippen LogP contribution < -0.4 is 0 Å². The minimum Gasteiger partial charge on any atom is -0.508 e. The molecule has 0 aromatic heterocycles. The maximum atomic E-state index is 9.74. The smallest absolute Gasteiger partial charge is 0.203 e. The van der Waals surface area contributed by atoms with Crippen molar-refractivity contribution < 1.29 is 10.1 Å². The van der Waals surface area contributed by atoms with Crippen LogP contribution in [0.5, 0.6) is 5.75 Å². The molecular formula is C6H5N3O3. The number of phenolic OH excluding ortho intramolecular Hbond substituents is 1. The monoisotopic (exact) mass is 167 g/mol. The normalized spacial score (nSPS) is 10.3. The summed E-state index contributed by atoms with van der Waals surface area (Å²) in [5.41, 5.74) is 0.324. The molecule has 0 heterocycles. The first kappa shape index (κ1) is 8.12. The second-order valence-corrected chi connectivity index (χ2v) is 1.94. The molecule has 1 aromatic carbocycles. The summed E-state index contributed by atoms with van der Waals surface area (Å²) in [6.45, 7) is 0. The van der Waals surface area contributed by atoms with Gasteiger partial charge in [-0.15, -0.1) is 0 Å². The van der Waals surface area contributed by atoms with E-state index in [1.54, 1.807) is 0 Å². The summed E-state index contributed by atoms with van der Waals surface area (Å²) in [5, 5.41) is 23.6. The van der Waals surface area contributed by atoms with Gasteiger partial charge in [0, 0.05) is 0 Å². The Balaban J connectivity index is 2.77. The van der Waals surface area contributed by atoms with Crippen LogP contribution in [0.3, 0.4) is 0 Å². The van der Waals surface area contributed by atoms with Crippen LogP contribution in [-0.4, -0.2) is 10.1 Å². The maximum Gasteiger partial charge on any atom is 0.203 e. The van der Waals surface area contributed by atoms with Crippen molar-refractivity contribution in [2.75, 3.05) is 0 Å². The van der Waals surface area contributed by atoms with Crippen molar-refractivity contribution in [3.63, 3.8) is 0 Å². The van der Waals surface area contributed by atoms with E-state index in [1.165, 1.54) is 24.3 Å². The van der Waals surface area contributed by atoms with Gasteiger partial charge in [0.05, 0.1) is 10.1 Å². The molecule has 12 heavy (non-hydrogen) atoms. The van der Waals surface area contributed by atoms with E-state index in [-0.39, 0.29) is 5.75 Å². The van der Waals surface area contributed by atoms with Crippen molar-refractivity contribution in [3.05, 3.63) is 34.4 Å². The molecule has 0 fully saturated rings. The average molecular weight is 167 g/mol. The highest BCUT2D eigenvalue weighted by Crippen LogP contribution is 2.16. The number of benzene rings is 1. The van der Waals surface area contributed by atoms with Gasteiger partial charge in [0.2, 0.25) is 5.69 Å². The second-order valence-electron chi connectivity index (χ2n) is 1.94. The van der Waals surface area contributed by atoms with Crippen molar-refractivity contribution in [2.24, 2.45) is 10.3 Å². The van der Waals surface area contributed by atoms with Crippen molar-refractivity contribution in [1.29, 1.82) is 0 Å². The lowest BCUT2D eigenvalue weighted by molar-refractivity contribution is -0.493. The first-order valence-electron chi connectivity index (χ1n) is 3.03. The summed E-state index contributed by atoms with van der Waals surface area (Å²) in [6.07, 6.45) is 0. The Bertz CT molecular complexity index is 306. The molecule has 0 saturated heterocycles. The lowest BCUT2D eigenvalue weighted by atomic mass is 10.3. The molecule has 0 atom stereocenters. The molecule has 0 bridgehead atoms. The lowest BCUT2D eigenvalue weighted by Gasteiger charge is -1.86. The zero-order chi connectivity index (χ0) is 8.97. The fourth-order valence-corrected chi connectivity index (χ4v) is 0.607. The molecular weight excluding hydrogens is 162 g/mol. The predicted molar refractivity (Wildman–Crippen MR) is 39.6 cm³/mol. The molecule has 0 spiro atoms. The third-order valence-corrected chi connectivity index (χ3v) is 1.08. The number of phenols is 1. The topological polar surface area (TPSA) is 88.1 Å². The Morgan fingerprint density at radius 2 is 1.92 bits per heavy atom. The number of hydrogen-bond acceptors (Lipinski definition) is 4. The van der Waals surface area contributed by atoms with E-state index in [4.69, 9.17) is 5.11 Å². The van der Waals surface area contributed by atoms with E-state index >= 15 is 0 Å². The molecule has 0 aliphatic rings. The van der Waals surface area contributed by atoms with Gasteiger partial charge in [0.15, 0.2) is 5.22 Å². The summed E-state index contributed by atoms with van der Waals surface area (Å²) < 4.78 is 0. The number of aromatic hydroxyl groups is 1. The summed E-state index contributed by atoms with van der Waals surface area (Å²) in [4.78, 5) is 9.74. The lowest BCUT2D eigenvalue weighted by Crippen LogP contribution is -1.80. The number of nitro groups is 1. The molecule has 0 aliphatic heterocycles. The zero-order valence-electron chi connectivity index (χ0n) is 5.91. The largest absolute Gasteiger partial charge is 0.508 e. The van der Waals surface area contributed by atoms with E-state index in [0.717, 1.165) is 0 Å². The number of nitrogens with zero attached hydrogens (tertiary/aromatic N) is 3. The van der Waals surface area contributed by atoms with Crippen LogP contribution in [0.25, 0.3) is 0 Å². The van der Waals surface area contributed by atoms with Gasteiger partial charge >= 0.3 is 0 Å². The number of rotatable bonds is 2. The minimum atomic E-state index is -0.896. The van der Waals surface area contributed by atoms with Gasteiger partial charge in [-0.3, -0.25) is 0 Å². The summed E-state index contributed by atoms with van der Waals surface area (Å²) in [6, 6.07) is 5.58. The highest BCUT2D eigenvalue weighted by Gasteiger charge is 1.96. The molecule has 6 nitrogen and oxygen atoms in total. The fraction of sp³-hybridized carbons (Fsp3) is 0. The molecule has 6 heteroatoms. The molecule has 1 rings (SSSR count). The van der Waals surface area contributed by atoms with Crippen LogP contribution in [-0.2, 0) is 0 Å². The highest BCUT2D eigenvalue weighted by molar-refractivity contribution is 5.39. The van der Waals surface area contributed by atoms with Crippen LogP contribution in [0, 0.1) is 10.1 Å². The average Bonchev–Trinajstić information content (AvgIpc) is 2.03. The standard InChI is InChI=1S/C6H5N3O3/c10-6-3-1-5(2-4-6)7-8-9(11)12/h1-4,10H. The molecule has 0 unspecified atom stereocenters. The van der Waals surface area contributed by atoms with E-state index in [9.17, 15) is 10.1 Å². The molecule has 1 N–H and O–H groups in total. The molecule has 0 aliphatic carbocycles. The van der Waals surface area contributed by atoms with Crippen molar-refractivity contribution in [3.8, 4) is 5.75 Å². The molecule has 1 aromatic rings.